The summed E-state index contributed by atoms with van der Waals surface area (Å²) >= 11 is 0. The molecule has 0 aliphatic carbocycles. The molecule has 0 fully saturated rings. The summed E-state index contributed by atoms with van der Waals surface area (Å²) in [6.45, 7) is 7.45. The number of aliphatic hydroxyl groups is 1. The quantitative estimate of drug-likeness (QED) is 0.215. The molecule has 2 nitrogen and oxygen atoms in total. The molecule has 1 N–H and O–H groups in total. The number of hydrogen-bond donors (Lipinski definition) is 1. The number of rotatable bonds is 8. The van der Waals surface area contributed by atoms with Crippen LogP contribution < -0.4 is 5.46 Å². The van der Waals surface area contributed by atoms with Crippen molar-refractivity contribution in [3.05, 3.63) is 127 Å². The van der Waals surface area contributed by atoms with E-state index in [4.69, 9.17) is 4.65 Å². The van der Waals surface area contributed by atoms with Gasteiger partial charge in [0.1, 0.15) is 0 Å². The van der Waals surface area contributed by atoms with Gasteiger partial charge in [-0.25, -0.2) is 0 Å². The van der Waals surface area contributed by atoms with Crippen LogP contribution in [0.3, 0.4) is 0 Å². The van der Waals surface area contributed by atoms with E-state index in [1.165, 1.54) is 22.3 Å². The minimum absolute atomic E-state index is 0.397. The van der Waals surface area contributed by atoms with E-state index in [1.807, 2.05) is 19.9 Å². The molecule has 0 aromatic heterocycles. The third kappa shape index (κ3) is 6.22. The van der Waals surface area contributed by atoms with Crippen molar-refractivity contribution in [3.63, 3.8) is 0 Å². The molecule has 194 valence electrons. The first kappa shape index (κ1) is 26.7. The van der Waals surface area contributed by atoms with Gasteiger partial charge in [-0.15, -0.1) is 0 Å². The molecule has 5 rings (SSSR count). The van der Waals surface area contributed by atoms with Crippen molar-refractivity contribution < 1.29 is 9.76 Å². The lowest BCUT2D eigenvalue weighted by atomic mass is 9.80. The van der Waals surface area contributed by atoms with Crippen molar-refractivity contribution in [3.8, 4) is 44.5 Å². The van der Waals surface area contributed by atoms with Crippen molar-refractivity contribution >= 4 is 12.9 Å². The van der Waals surface area contributed by atoms with Gasteiger partial charge in [0.05, 0.1) is 11.2 Å². The first-order valence-electron chi connectivity index (χ1n) is 13.5. The van der Waals surface area contributed by atoms with Crippen LogP contribution in [0, 0.1) is 0 Å². The molecule has 0 aliphatic rings. The molecule has 0 saturated heterocycles. The largest absolute Gasteiger partial charge is 0.427 e. The van der Waals surface area contributed by atoms with Crippen LogP contribution in [0.4, 0.5) is 0 Å². The van der Waals surface area contributed by atoms with Crippen LogP contribution in [0.1, 0.15) is 27.7 Å². The third-order valence-corrected chi connectivity index (χ3v) is 7.65. The average molecular weight is 510 g/mol. The SMILES string of the molecule is CC(C)(O)C(C)(C)OBc1cc(-c2ccccc2)cc(-c2cc(-c3ccccc3)cc(-c3ccccc3)c2)c1. The normalized spacial score (nSPS) is 11.8. The third-order valence-electron chi connectivity index (χ3n) is 7.65. The molecule has 5 aromatic rings. The predicted molar refractivity (Wildman–Crippen MR) is 166 cm³/mol. The second-order valence-corrected chi connectivity index (χ2v) is 11.2. The van der Waals surface area contributed by atoms with Gasteiger partial charge in [-0.2, -0.15) is 0 Å². The zero-order valence-corrected chi connectivity index (χ0v) is 23.2. The van der Waals surface area contributed by atoms with Gasteiger partial charge in [0.25, 0.3) is 0 Å². The second-order valence-electron chi connectivity index (χ2n) is 11.2. The molecule has 0 radical (unpaired) electrons. The molecule has 39 heavy (non-hydrogen) atoms. The van der Waals surface area contributed by atoms with Crippen molar-refractivity contribution in [2.75, 3.05) is 0 Å². The highest BCUT2D eigenvalue weighted by Crippen LogP contribution is 2.34. The van der Waals surface area contributed by atoms with Crippen molar-refractivity contribution in [2.24, 2.45) is 0 Å². The van der Waals surface area contributed by atoms with Crippen molar-refractivity contribution in [1.29, 1.82) is 0 Å². The van der Waals surface area contributed by atoms with E-state index in [0.717, 1.165) is 27.7 Å². The van der Waals surface area contributed by atoms with Crippen LogP contribution in [0.15, 0.2) is 127 Å². The Balaban J connectivity index is 1.65. The Labute approximate surface area is 233 Å². The van der Waals surface area contributed by atoms with Gasteiger partial charge in [-0.3, -0.25) is 0 Å². The van der Waals surface area contributed by atoms with Crippen LogP contribution in [0.2, 0.25) is 0 Å². The highest BCUT2D eigenvalue weighted by Gasteiger charge is 2.35. The molecule has 0 aliphatic heterocycles. The topological polar surface area (TPSA) is 29.5 Å². The Morgan fingerprint density at radius 2 is 0.769 bits per heavy atom. The lowest BCUT2D eigenvalue weighted by molar-refractivity contribution is -0.0893. The summed E-state index contributed by atoms with van der Waals surface area (Å²) in [7, 11) is 0.397. The average Bonchev–Trinajstić information content (AvgIpc) is 2.96. The fourth-order valence-electron chi connectivity index (χ4n) is 4.57. The summed E-state index contributed by atoms with van der Waals surface area (Å²) < 4.78 is 6.30. The second kappa shape index (κ2) is 11.1. The highest BCUT2D eigenvalue weighted by atomic mass is 16.5. The van der Waals surface area contributed by atoms with Gasteiger partial charge in [-0.05, 0) is 96.5 Å². The minimum atomic E-state index is -0.971. The molecular weight excluding hydrogens is 475 g/mol. The van der Waals surface area contributed by atoms with E-state index >= 15 is 0 Å². The van der Waals surface area contributed by atoms with Gasteiger partial charge >= 0.3 is 7.48 Å². The van der Waals surface area contributed by atoms with E-state index in [1.54, 1.807) is 13.8 Å². The van der Waals surface area contributed by atoms with Crippen LogP contribution >= 0.6 is 0 Å². The predicted octanol–water partition coefficient (Wildman–Crippen LogP) is 7.90. The van der Waals surface area contributed by atoms with E-state index in [-0.39, 0.29) is 0 Å². The Kier molecular flexibility index (Phi) is 7.57. The Bertz CT molecular complexity index is 1480. The maximum absolute atomic E-state index is 10.6. The molecule has 3 heteroatoms. The number of benzene rings is 5. The van der Waals surface area contributed by atoms with Crippen molar-refractivity contribution in [1.82, 2.24) is 0 Å². The molecule has 0 amide bonds. The smallest absolute Gasteiger partial charge is 0.309 e. The van der Waals surface area contributed by atoms with Crippen LogP contribution in [0.5, 0.6) is 0 Å². The Morgan fingerprint density at radius 1 is 0.462 bits per heavy atom. The molecule has 0 heterocycles. The number of hydrogen-bond acceptors (Lipinski definition) is 2. The van der Waals surface area contributed by atoms with Gasteiger partial charge in [0.2, 0.25) is 0 Å². The maximum Gasteiger partial charge on any atom is 0.309 e. The minimum Gasteiger partial charge on any atom is -0.427 e. The van der Waals surface area contributed by atoms with Crippen LogP contribution in [-0.2, 0) is 4.65 Å². The summed E-state index contributed by atoms with van der Waals surface area (Å²) in [5.41, 5.74) is 8.69. The summed E-state index contributed by atoms with van der Waals surface area (Å²) in [4.78, 5) is 0. The Hall–Kier alpha value is -3.92. The van der Waals surface area contributed by atoms with Gasteiger partial charge in [0.15, 0.2) is 0 Å². The highest BCUT2D eigenvalue weighted by molar-refractivity contribution is 6.47. The Morgan fingerprint density at radius 3 is 1.13 bits per heavy atom. The maximum atomic E-state index is 10.6. The molecule has 0 saturated carbocycles. The van der Waals surface area contributed by atoms with E-state index in [2.05, 4.69) is 121 Å². The molecule has 5 aromatic carbocycles. The molecule has 0 spiro atoms. The van der Waals surface area contributed by atoms with E-state index < -0.39 is 11.2 Å². The van der Waals surface area contributed by atoms with E-state index in [0.29, 0.717) is 7.48 Å². The van der Waals surface area contributed by atoms with Gasteiger partial charge in [-0.1, -0.05) is 109 Å². The zero-order valence-electron chi connectivity index (χ0n) is 23.2. The van der Waals surface area contributed by atoms with Crippen molar-refractivity contribution in [2.45, 2.75) is 38.9 Å². The van der Waals surface area contributed by atoms with Crippen LogP contribution in [0.25, 0.3) is 44.5 Å². The summed E-state index contributed by atoms with van der Waals surface area (Å²) in [6, 6.07) is 45.0. The standard InChI is InChI=1S/C36H35BO2/c1-35(2,38)36(3,4)39-37-34-24-32(28-18-12-7-13-19-28)23-33(25-34)31-21-29(26-14-8-5-9-15-26)20-30(22-31)27-16-10-6-11-17-27/h5-25,37-38H,1-4H3. The van der Waals surface area contributed by atoms with Gasteiger partial charge in [0, 0.05) is 0 Å². The summed E-state index contributed by atoms with van der Waals surface area (Å²) in [6.07, 6.45) is 0. The lowest BCUT2D eigenvalue weighted by Crippen LogP contribution is -2.49. The summed E-state index contributed by atoms with van der Waals surface area (Å²) in [5.74, 6) is 0. The molecule has 0 bridgehead atoms. The lowest BCUT2D eigenvalue weighted by Gasteiger charge is -2.37. The fraction of sp³-hybridized carbons (Fsp3) is 0.167. The van der Waals surface area contributed by atoms with E-state index in [9.17, 15) is 5.11 Å². The molecular formula is C36H35BO2. The molecule has 0 atom stereocenters. The fourth-order valence-corrected chi connectivity index (χ4v) is 4.57. The first-order chi connectivity index (χ1) is 18.7. The zero-order chi connectivity index (χ0) is 27.5. The van der Waals surface area contributed by atoms with Crippen LogP contribution in [-0.4, -0.2) is 23.8 Å². The first-order valence-corrected chi connectivity index (χ1v) is 13.5. The molecule has 0 unspecified atom stereocenters. The monoisotopic (exact) mass is 510 g/mol. The summed E-state index contributed by atoms with van der Waals surface area (Å²) in [5, 5.41) is 10.6. The van der Waals surface area contributed by atoms with Gasteiger partial charge < -0.3 is 9.76 Å².